The van der Waals surface area contributed by atoms with Gasteiger partial charge in [-0.15, -0.1) is 0 Å². The van der Waals surface area contributed by atoms with E-state index in [1.54, 1.807) is 0 Å². The fourth-order valence-corrected chi connectivity index (χ4v) is 4.41. The quantitative estimate of drug-likeness (QED) is 0.927. The first-order chi connectivity index (χ1) is 9.83. The minimum Gasteiger partial charge on any atom is -0.357 e. The van der Waals surface area contributed by atoms with Crippen molar-refractivity contribution < 1.29 is 0 Å². The number of aromatic nitrogens is 1. The molecule has 0 amide bonds. The minimum atomic E-state index is 0.695. The number of pyridine rings is 1. The first-order valence-corrected chi connectivity index (χ1v) is 8.91. The Bertz CT molecular complexity index is 403. The molecule has 1 N–H and O–H groups in total. The lowest BCUT2D eigenvalue weighted by Gasteiger charge is -2.38. The maximum Gasteiger partial charge on any atom is 0.128 e. The van der Waals surface area contributed by atoms with Gasteiger partial charge in [-0.25, -0.2) is 4.98 Å². The van der Waals surface area contributed by atoms with Crippen LogP contribution >= 0.6 is 11.8 Å². The van der Waals surface area contributed by atoms with Gasteiger partial charge in [-0.1, -0.05) is 13.0 Å². The smallest absolute Gasteiger partial charge is 0.128 e. The molecule has 0 radical (unpaired) electrons. The predicted octanol–water partition coefficient (Wildman–Crippen LogP) is 2.92. The summed E-state index contributed by atoms with van der Waals surface area (Å²) in [7, 11) is 0. The number of hydrogen-bond acceptors (Lipinski definition) is 4. The zero-order valence-corrected chi connectivity index (χ0v) is 13.1. The van der Waals surface area contributed by atoms with Crippen LogP contribution in [0.5, 0.6) is 0 Å². The molecule has 0 aliphatic carbocycles. The van der Waals surface area contributed by atoms with Crippen molar-refractivity contribution >= 4 is 17.6 Å². The Morgan fingerprint density at radius 1 is 1.25 bits per heavy atom. The highest BCUT2D eigenvalue weighted by Crippen LogP contribution is 2.26. The molecular formula is C16H25N3S. The number of rotatable bonds is 3. The molecular weight excluding hydrogens is 266 g/mol. The van der Waals surface area contributed by atoms with E-state index in [1.807, 2.05) is 12.3 Å². The number of nitrogens with one attached hydrogen (secondary N) is 1. The monoisotopic (exact) mass is 291 g/mol. The van der Waals surface area contributed by atoms with Crippen molar-refractivity contribution in [2.45, 2.75) is 49.9 Å². The third-order valence-corrected chi connectivity index (χ3v) is 5.90. The minimum absolute atomic E-state index is 0.695. The molecule has 2 aliphatic heterocycles. The summed E-state index contributed by atoms with van der Waals surface area (Å²) >= 11 is 2.13. The van der Waals surface area contributed by atoms with E-state index in [1.165, 1.54) is 31.4 Å². The van der Waals surface area contributed by atoms with Crippen molar-refractivity contribution in [2.75, 3.05) is 23.7 Å². The molecule has 110 valence electrons. The number of piperidine rings is 1. The van der Waals surface area contributed by atoms with Gasteiger partial charge in [0.1, 0.15) is 5.82 Å². The van der Waals surface area contributed by atoms with Gasteiger partial charge in [-0.2, -0.15) is 11.8 Å². The molecule has 0 saturated carbocycles. The van der Waals surface area contributed by atoms with Gasteiger partial charge in [0.2, 0.25) is 0 Å². The van der Waals surface area contributed by atoms with E-state index in [2.05, 4.69) is 46.0 Å². The lowest BCUT2D eigenvalue weighted by atomic mass is 10.0. The van der Waals surface area contributed by atoms with E-state index < -0.39 is 0 Å². The van der Waals surface area contributed by atoms with Gasteiger partial charge in [-0.3, -0.25) is 0 Å². The van der Waals surface area contributed by atoms with Crippen LogP contribution in [-0.4, -0.2) is 41.2 Å². The third kappa shape index (κ3) is 3.47. The zero-order valence-electron chi connectivity index (χ0n) is 12.3. The van der Waals surface area contributed by atoms with E-state index in [0.717, 1.165) is 30.2 Å². The van der Waals surface area contributed by atoms with Crippen LogP contribution in [0.3, 0.4) is 0 Å². The van der Waals surface area contributed by atoms with Crippen LogP contribution in [0.2, 0.25) is 0 Å². The topological polar surface area (TPSA) is 28.2 Å². The van der Waals surface area contributed by atoms with Crippen molar-refractivity contribution in [3.8, 4) is 0 Å². The fourth-order valence-electron chi connectivity index (χ4n) is 3.26. The van der Waals surface area contributed by atoms with Gasteiger partial charge < -0.3 is 10.2 Å². The SMILES string of the molecule is CC1SCCCC1NC1CCN(c2ccccn2)CC1. The lowest BCUT2D eigenvalue weighted by molar-refractivity contribution is 0.347. The summed E-state index contributed by atoms with van der Waals surface area (Å²) in [5.41, 5.74) is 0. The van der Waals surface area contributed by atoms with Crippen LogP contribution in [0.4, 0.5) is 5.82 Å². The predicted molar refractivity (Wildman–Crippen MR) is 87.5 cm³/mol. The second-order valence-corrected chi connectivity index (χ2v) is 7.43. The Morgan fingerprint density at radius 2 is 2.10 bits per heavy atom. The van der Waals surface area contributed by atoms with Crippen molar-refractivity contribution in [1.29, 1.82) is 0 Å². The van der Waals surface area contributed by atoms with Gasteiger partial charge in [0.25, 0.3) is 0 Å². The number of nitrogens with zero attached hydrogens (tertiary/aromatic N) is 2. The summed E-state index contributed by atoms with van der Waals surface area (Å²) < 4.78 is 0. The Labute approximate surface area is 126 Å². The third-order valence-electron chi connectivity index (χ3n) is 4.52. The maximum atomic E-state index is 4.46. The summed E-state index contributed by atoms with van der Waals surface area (Å²) in [5, 5.41) is 4.69. The van der Waals surface area contributed by atoms with Crippen LogP contribution in [-0.2, 0) is 0 Å². The van der Waals surface area contributed by atoms with Crippen molar-refractivity contribution in [3.05, 3.63) is 24.4 Å². The molecule has 20 heavy (non-hydrogen) atoms. The van der Waals surface area contributed by atoms with E-state index in [4.69, 9.17) is 0 Å². The van der Waals surface area contributed by atoms with Crippen LogP contribution in [0, 0.1) is 0 Å². The zero-order chi connectivity index (χ0) is 13.8. The Hall–Kier alpha value is -0.740. The Kier molecular flexibility index (Phi) is 4.84. The summed E-state index contributed by atoms with van der Waals surface area (Å²) in [4.78, 5) is 6.87. The first-order valence-electron chi connectivity index (χ1n) is 7.86. The van der Waals surface area contributed by atoms with E-state index in [-0.39, 0.29) is 0 Å². The number of anilines is 1. The number of hydrogen-bond donors (Lipinski definition) is 1. The standard InChI is InChI=1S/C16H25N3S/c1-13-15(5-4-12-20-13)18-14-7-10-19(11-8-14)16-6-2-3-9-17-16/h2-3,6,9,13-15,18H,4-5,7-8,10-12H2,1H3. The summed E-state index contributed by atoms with van der Waals surface area (Å²) in [6.07, 6.45) is 7.10. The van der Waals surface area contributed by atoms with Gasteiger partial charge in [0, 0.05) is 36.6 Å². The Morgan fingerprint density at radius 3 is 2.80 bits per heavy atom. The number of thioether (sulfide) groups is 1. The molecule has 0 spiro atoms. The van der Waals surface area contributed by atoms with Crippen molar-refractivity contribution in [1.82, 2.24) is 10.3 Å². The normalized spacial score (nSPS) is 28.6. The van der Waals surface area contributed by atoms with Crippen molar-refractivity contribution in [3.63, 3.8) is 0 Å². The van der Waals surface area contributed by atoms with Crippen LogP contribution in [0.1, 0.15) is 32.6 Å². The largest absolute Gasteiger partial charge is 0.357 e. The molecule has 0 bridgehead atoms. The fraction of sp³-hybridized carbons (Fsp3) is 0.688. The highest BCUT2D eigenvalue weighted by Gasteiger charge is 2.26. The second kappa shape index (κ2) is 6.81. The lowest BCUT2D eigenvalue weighted by Crippen LogP contribution is -2.49. The van der Waals surface area contributed by atoms with Gasteiger partial charge in [-0.05, 0) is 43.6 Å². The average molecular weight is 291 g/mol. The molecule has 2 unspecified atom stereocenters. The molecule has 3 heterocycles. The highest BCUT2D eigenvalue weighted by molar-refractivity contribution is 7.99. The summed E-state index contributed by atoms with van der Waals surface area (Å²) in [6, 6.07) is 7.60. The molecule has 2 aliphatic rings. The molecule has 2 fully saturated rings. The van der Waals surface area contributed by atoms with Crippen molar-refractivity contribution in [2.24, 2.45) is 0 Å². The second-order valence-electron chi connectivity index (χ2n) is 5.94. The average Bonchev–Trinajstić information content (AvgIpc) is 2.51. The van der Waals surface area contributed by atoms with E-state index in [9.17, 15) is 0 Å². The van der Waals surface area contributed by atoms with Crippen LogP contribution in [0.15, 0.2) is 24.4 Å². The molecule has 3 nitrogen and oxygen atoms in total. The van der Waals surface area contributed by atoms with Gasteiger partial charge in [0.05, 0.1) is 0 Å². The van der Waals surface area contributed by atoms with E-state index in [0.29, 0.717) is 6.04 Å². The molecule has 2 atom stereocenters. The van der Waals surface area contributed by atoms with Crippen LogP contribution < -0.4 is 10.2 Å². The Balaban J connectivity index is 1.49. The maximum absolute atomic E-state index is 4.46. The summed E-state index contributed by atoms with van der Waals surface area (Å²) in [6.45, 7) is 4.64. The van der Waals surface area contributed by atoms with E-state index >= 15 is 0 Å². The molecule has 0 aromatic carbocycles. The molecule has 1 aromatic heterocycles. The molecule has 2 saturated heterocycles. The van der Waals surface area contributed by atoms with Gasteiger partial charge in [0.15, 0.2) is 0 Å². The molecule has 3 rings (SSSR count). The highest BCUT2D eigenvalue weighted by atomic mass is 32.2. The summed E-state index contributed by atoms with van der Waals surface area (Å²) in [5.74, 6) is 2.48. The molecule has 4 heteroatoms. The first kappa shape index (κ1) is 14.2. The van der Waals surface area contributed by atoms with Gasteiger partial charge >= 0.3 is 0 Å². The van der Waals surface area contributed by atoms with Crippen LogP contribution in [0.25, 0.3) is 0 Å². The molecule has 1 aromatic rings.